The molecule has 0 aliphatic carbocycles. The quantitative estimate of drug-likeness (QED) is 0.681. The molecule has 0 aromatic carbocycles. The van der Waals surface area contributed by atoms with Gasteiger partial charge in [-0.1, -0.05) is 0 Å². The summed E-state index contributed by atoms with van der Waals surface area (Å²) in [5.41, 5.74) is 5.54. The lowest BCUT2D eigenvalue weighted by Crippen LogP contribution is -2.16. The molecule has 0 aliphatic rings. The molecule has 4 heteroatoms. The first-order valence-electron chi connectivity index (χ1n) is 3.72. The second-order valence-electron chi connectivity index (χ2n) is 2.57. The third kappa shape index (κ3) is 1.65. The van der Waals surface area contributed by atoms with Crippen LogP contribution in [0, 0.1) is 0 Å². The molecule has 0 spiro atoms. The molecule has 1 unspecified atom stereocenters. The number of amides is 1. The van der Waals surface area contributed by atoms with Crippen LogP contribution in [0.4, 0.5) is 0 Å². The van der Waals surface area contributed by atoms with Gasteiger partial charge in [-0.25, -0.2) is 0 Å². The third-order valence-electron chi connectivity index (χ3n) is 1.53. The summed E-state index contributed by atoms with van der Waals surface area (Å²) in [5, 5.41) is 2.46. The van der Waals surface area contributed by atoms with Crippen LogP contribution < -0.4 is 11.1 Å². The van der Waals surface area contributed by atoms with Crippen LogP contribution in [0.25, 0.3) is 0 Å². The topological polar surface area (TPSA) is 68.3 Å². The molecule has 0 bridgehead atoms. The molecule has 1 heterocycles. The van der Waals surface area contributed by atoms with Gasteiger partial charge in [0.05, 0.1) is 6.04 Å². The van der Waals surface area contributed by atoms with Crippen LogP contribution in [0.3, 0.4) is 0 Å². The number of furan rings is 1. The van der Waals surface area contributed by atoms with Crippen molar-refractivity contribution in [1.82, 2.24) is 5.32 Å². The maximum Gasteiger partial charge on any atom is 0.286 e. The summed E-state index contributed by atoms with van der Waals surface area (Å²) in [6.07, 6.45) is 0. The van der Waals surface area contributed by atoms with Crippen LogP contribution in [-0.2, 0) is 0 Å². The van der Waals surface area contributed by atoms with E-state index in [-0.39, 0.29) is 11.9 Å². The molecule has 1 rings (SSSR count). The summed E-state index contributed by atoms with van der Waals surface area (Å²) in [7, 11) is 1.55. The number of nitrogens with two attached hydrogens (primary N) is 1. The minimum Gasteiger partial charge on any atom is -0.454 e. The smallest absolute Gasteiger partial charge is 0.286 e. The average Bonchev–Trinajstić information content (AvgIpc) is 2.51. The minimum absolute atomic E-state index is 0.177. The highest BCUT2D eigenvalue weighted by Gasteiger charge is 2.10. The van der Waals surface area contributed by atoms with Crippen molar-refractivity contribution in [3.63, 3.8) is 0 Å². The van der Waals surface area contributed by atoms with E-state index < -0.39 is 0 Å². The fraction of sp³-hybridized carbons (Fsp3) is 0.375. The molecular formula is C8H12N2O2. The van der Waals surface area contributed by atoms with Gasteiger partial charge in [-0.05, 0) is 19.1 Å². The summed E-state index contributed by atoms with van der Waals surface area (Å²) in [6, 6.07) is 3.13. The Balaban J connectivity index is 2.84. The van der Waals surface area contributed by atoms with Crippen LogP contribution in [0.15, 0.2) is 16.5 Å². The number of hydrogen-bond acceptors (Lipinski definition) is 3. The van der Waals surface area contributed by atoms with Crippen molar-refractivity contribution in [2.75, 3.05) is 7.05 Å². The molecule has 0 radical (unpaired) electrons. The Kier molecular flexibility index (Phi) is 2.50. The molecule has 4 nitrogen and oxygen atoms in total. The normalized spacial score (nSPS) is 12.6. The molecule has 1 amide bonds. The van der Waals surface area contributed by atoms with Crippen molar-refractivity contribution in [3.05, 3.63) is 23.7 Å². The summed E-state index contributed by atoms with van der Waals surface area (Å²) in [4.78, 5) is 11.0. The lowest BCUT2D eigenvalue weighted by molar-refractivity contribution is 0.0933. The molecule has 1 atom stereocenters. The Morgan fingerprint density at radius 2 is 2.33 bits per heavy atom. The molecule has 66 valence electrons. The predicted octanol–water partition coefficient (Wildman–Crippen LogP) is 0.659. The standard InChI is InChI=1S/C8H12N2O2/c1-5(9)6-3-4-7(12-6)8(11)10-2/h3-5H,9H2,1-2H3,(H,10,11). The van der Waals surface area contributed by atoms with E-state index in [4.69, 9.17) is 10.2 Å². The van der Waals surface area contributed by atoms with E-state index in [9.17, 15) is 4.79 Å². The van der Waals surface area contributed by atoms with Crippen molar-refractivity contribution in [3.8, 4) is 0 Å². The van der Waals surface area contributed by atoms with E-state index in [0.29, 0.717) is 11.5 Å². The highest BCUT2D eigenvalue weighted by Crippen LogP contribution is 2.13. The molecule has 0 fully saturated rings. The summed E-state index contributed by atoms with van der Waals surface area (Å²) in [5.74, 6) is 0.681. The predicted molar refractivity (Wildman–Crippen MR) is 44.7 cm³/mol. The molecule has 0 saturated heterocycles. The Bertz CT molecular complexity index is 278. The zero-order chi connectivity index (χ0) is 9.14. The molecular weight excluding hydrogens is 156 g/mol. The first-order chi connectivity index (χ1) is 5.65. The average molecular weight is 168 g/mol. The van der Waals surface area contributed by atoms with E-state index in [1.807, 2.05) is 0 Å². The van der Waals surface area contributed by atoms with Gasteiger partial charge >= 0.3 is 0 Å². The van der Waals surface area contributed by atoms with E-state index in [1.165, 1.54) is 0 Å². The summed E-state index contributed by atoms with van der Waals surface area (Å²) >= 11 is 0. The van der Waals surface area contributed by atoms with E-state index in [2.05, 4.69) is 5.32 Å². The molecule has 1 aromatic rings. The summed E-state index contributed by atoms with van der Waals surface area (Å²) in [6.45, 7) is 1.80. The lowest BCUT2D eigenvalue weighted by Gasteiger charge is -1.98. The third-order valence-corrected chi connectivity index (χ3v) is 1.53. The molecule has 3 N–H and O–H groups in total. The summed E-state index contributed by atoms with van der Waals surface area (Å²) < 4.78 is 5.16. The van der Waals surface area contributed by atoms with Gasteiger partial charge in [0.1, 0.15) is 5.76 Å². The fourth-order valence-electron chi connectivity index (χ4n) is 0.843. The number of rotatable bonds is 2. The van der Waals surface area contributed by atoms with Crippen LogP contribution in [-0.4, -0.2) is 13.0 Å². The number of carbonyl (C=O) groups excluding carboxylic acids is 1. The van der Waals surface area contributed by atoms with Crippen LogP contribution in [0.1, 0.15) is 29.3 Å². The molecule has 12 heavy (non-hydrogen) atoms. The van der Waals surface area contributed by atoms with Crippen molar-refractivity contribution >= 4 is 5.91 Å². The zero-order valence-corrected chi connectivity index (χ0v) is 7.13. The van der Waals surface area contributed by atoms with Crippen LogP contribution >= 0.6 is 0 Å². The lowest BCUT2D eigenvalue weighted by atomic mass is 10.3. The van der Waals surface area contributed by atoms with Gasteiger partial charge in [0, 0.05) is 7.05 Å². The van der Waals surface area contributed by atoms with Crippen molar-refractivity contribution in [2.45, 2.75) is 13.0 Å². The van der Waals surface area contributed by atoms with Crippen molar-refractivity contribution in [1.29, 1.82) is 0 Å². The van der Waals surface area contributed by atoms with Gasteiger partial charge in [0.2, 0.25) is 0 Å². The first kappa shape index (κ1) is 8.80. The minimum atomic E-state index is -0.234. The second-order valence-corrected chi connectivity index (χ2v) is 2.57. The Hall–Kier alpha value is -1.29. The van der Waals surface area contributed by atoms with E-state index >= 15 is 0 Å². The highest BCUT2D eigenvalue weighted by molar-refractivity contribution is 5.91. The molecule has 0 aliphatic heterocycles. The van der Waals surface area contributed by atoms with Crippen molar-refractivity contribution in [2.24, 2.45) is 5.73 Å². The number of nitrogens with one attached hydrogen (secondary N) is 1. The van der Waals surface area contributed by atoms with Crippen molar-refractivity contribution < 1.29 is 9.21 Å². The number of carbonyl (C=O) groups is 1. The monoisotopic (exact) mass is 168 g/mol. The Labute approximate surface area is 70.7 Å². The van der Waals surface area contributed by atoms with Crippen LogP contribution in [0.2, 0.25) is 0 Å². The van der Waals surface area contributed by atoms with Crippen LogP contribution in [0.5, 0.6) is 0 Å². The number of hydrogen-bond donors (Lipinski definition) is 2. The highest BCUT2D eigenvalue weighted by atomic mass is 16.4. The maximum absolute atomic E-state index is 11.0. The van der Waals surface area contributed by atoms with Gasteiger partial charge in [-0.3, -0.25) is 4.79 Å². The molecule has 1 aromatic heterocycles. The first-order valence-corrected chi connectivity index (χ1v) is 3.72. The maximum atomic E-state index is 11.0. The van der Waals surface area contributed by atoms with Gasteiger partial charge in [-0.2, -0.15) is 0 Å². The van der Waals surface area contributed by atoms with E-state index in [1.54, 1.807) is 26.1 Å². The van der Waals surface area contributed by atoms with Gasteiger partial charge in [0.25, 0.3) is 5.91 Å². The Morgan fingerprint density at radius 1 is 1.67 bits per heavy atom. The Morgan fingerprint density at radius 3 is 2.75 bits per heavy atom. The zero-order valence-electron chi connectivity index (χ0n) is 7.13. The van der Waals surface area contributed by atoms with E-state index in [0.717, 1.165) is 0 Å². The van der Waals surface area contributed by atoms with Gasteiger partial charge in [-0.15, -0.1) is 0 Å². The molecule has 0 saturated carbocycles. The second kappa shape index (κ2) is 3.40. The SMILES string of the molecule is CNC(=O)c1ccc(C(C)N)o1. The fourth-order valence-corrected chi connectivity index (χ4v) is 0.843. The van der Waals surface area contributed by atoms with Gasteiger partial charge in [0.15, 0.2) is 5.76 Å². The largest absolute Gasteiger partial charge is 0.454 e. The van der Waals surface area contributed by atoms with Gasteiger partial charge < -0.3 is 15.5 Å².